The van der Waals surface area contributed by atoms with Crippen LogP contribution >= 0.6 is 11.8 Å². The van der Waals surface area contributed by atoms with Crippen molar-refractivity contribution in [3.05, 3.63) is 29.8 Å². The molecule has 2 heterocycles. The van der Waals surface area contributed by atoms with Crippen molar-refractivity contribution < 1.29 is 4.79 Å². The van der Waals surface area contributed by atoms with E-state index in [0.717, 1.165) is 48.9 Å². The minimum atomic E-state index is 0.175. The molecule has 0 atom stereocenters. The van der Waals surface area contributed by atoms with Gasteiger partial charge < -0.3 is 15.1 Å². The molecular formula is C19H29N3OS. The van der Waals surface area contributed by atoms with E-state index in [9.17, 15) is 4.79 Å². The van der Waals surface area contributed by atoms with E-state index >= 15 is 0 Å². The summed E-state index contributed by atoms with van der Waals surface area (Å²) in [5.41, 5.74) is 1.89. The average Bonchev–Trinajstić information content (AvgIpc) is 2.62. The van der Waals surface area contributed by atoms with Crippen LogP contribution in [0.25, 0.3) is 0 Å². The van der Waals surface area contributed by atoms with Crippen molar-refractivity contribution in [3.8, 4) is 0 Å². The molecule has 2 fully saturated rings. The number of carbonyl (C=O) groups is 1. The van der Waals surface area contributed by atoms with Crippen molar-refractivity contribution in [3.63, 3.8) is 0 Å². The van der Waals surface area contributed by atoms with Gasteiger partial charge in [-0.15, -0.1) is 0 Å². The zero-order valence-electron chi connectivity index (χ0n) is 14.8. The van der Waals surface area contributed by atoms with Gasteiger partial charge in [0.15, 0.2) is 0 Å². The minimum Gasteiger partial charge on any atom is -0.382 e. The quantitative estimate of drug-likeness (QED) is 0.907. The molecule has 2 aliphatic rings. The van der Waals surface area contributed by atoms with E-state index in [1.165, 1.54) is 12.8 Å². The second-order valence-corrected chi connectivity index (χ2v) is 8.26. The van der Waals surface area contributed by atoms with Crippen LogP contribution in [-0.4, -0.2) is 65.5 Å². The lowest BCUT2D eigenvalue weighted by Crippen LogP contribution is -2.42. The number of nitrogens with zero attached hydrogens (tertiary/aromatic N) is 2. The highest BCUT2D eigenvalue weighted by molar-refractivity contribution is 7.99. The van der Waals surface area contributed by atoms with Crippen molar-refractivity contribution in [2.24, 2.45) is 0 Å². The molecule has 132 valence electrons. The summed E-state index contributed by atoms with van der Waals surface area (Å²) >= 11 is 1.93. The summed E-state index contributed by atoms with van der Waals surface area (Å²) in [4.78, 5) is 17.2. The first kappa shape index (κ1) is 17.6. The number of amides is 1. The Bertz CT molecular complexity index is 549. The molecule has 1 N–H and O–H groups in total. The number of piperidine rings is 1. The fraction of sp³-hybridized carbons (Fsp3) is 0.632. The lowest BCUT2D eigenvalue weighted by Gasteiger charge is -2.35. The minimum absolute atomic E-state index is 0.175. The van der Waals surface area contributed by atoms with Gasteiger partial charge >= 0.3 is 0 Å². The van der Waals surface area contributed by atoms with Crippen molar-refractivity contribution >= 4 is 23.4 Å². The molecule has 0 radical (unpaired) electrons. The van der Waals surface area contributed by atoms with Crippen LogP contribution in [0.4, 0.5) is 5.69 Å². The van der Waals surface area contributed by atoms with Crippen LogP contribution in [0.5, 0.6) is 0 Å². The first-order valence-corrected chi connectivity index (χ1v) is 10.3. The molecule has 0 bridgehead atoms. The predicted octanol–water partition coefficient (Wildman–Crippen LogP) is 3.16. The van der Waals surface area contributed by atoms with Crippen LogP contribution in [0.1, 0.15) is 37.0 Å². The molecule has 4 nitrogen and oxygen atoms in total. The van der Waals surface area contributed by atoms with Crippen molar-refractivity contribution in [1.29, 1.82) is 0 Å². The van der Waals surface area contributed by atoms with E-state index in [4.69, 9.17) is 0 Å². The molecule has 1 aromatic carbocycles. The van der Waals surface area contributed by atoms with Gasteiger partial charge in [-0.3, -0.25) is 4.79 Å². The number of carbonyl (C=O) groups excluding carboxylic acids is 1. The monoisotopic (exact) mass is 347 g/mol. The largest absolute Gasteiger partial charge is 0.382 e. The third-order valence-corrected chi connectivity index (χ3v) is 5.98. The summed E-state index contributed by atoms with van der Waals surface area (Å²) in [6.07, 6.45) is 2.33. The van der Waals surface area contributed by atoms with E-state index in [2.05, 4.69) is 30.1 Å². The molecule has 3 rings (SSSR count). The van der Waals surface area contributed by atoms with Crippen molar-refractivity contribution in [2.75, 3.05) is 43.0 Å². The Morgan fingerprint density at radius 1 is 1.17 bits per heavy atom. The van der Waals surface area contributed by atoms with Gasteiger partial charge in [0.05, 0.1) is 0 Å². The lowest BCUT2D eigenvalue weighted by molar-refractivity contribution is 0.0772. The number of likely N-dealkylation sites (tertiary alicyclic amines) is 1. The first-order chi connectivity index (χ1) is 11.6. The smallest absolute Gasteiger partial charge is 0.253 e. The standard InChI is InChI=1S/C19H29N3OS/c1-15(2)21-8-6-17(7-9-21)20-18-5-3-4-16(14-18)19(23)22-10-12-24-13-11-22/h3-5,14-15,17,20H,6-13H2,1-2H3. The third-order valence-electron chi connectivity index (χ3n) is 5.04. The van der Waals surface area contributed by atoms with Crippen LogP contribution < -0.4 is 5.32 Å². The molecular weight excluding hydrogens is 318 g/mol. The Morgan fingerprint density at radius 3 is 2.54 bits per heavy atom. The molecule has 0 spiro atoms. The van der Waals surface area contributed by atoms with Crippen molar-refractivity contribution in [2.45, 2.75) is 38.8 Å². The summed E-state index contributed by atoms with van der Waals surface area (Å²) in [5.74, 6) is 2.28. The normalized spacial score (nSPS) is 20.4. The molecule has 5 heteroatoms. The molecule has 1 aromatic rings. The summed E-state index contributed by atoms with van der Waals surface area (Å²) < 4.78 is 0. The Hall–Kier alpha value is -1.20. The van der Waals surface area contributed by atoms with Gasteiger partial charge in [-0.05, 0) is 44.9 Å². The third kappa shape index (κ3) is 4.45. The summed E-state index contributed by atoms with van der Waals surface area (Å²) in [7, 11) is 0. The number of hydrogen-bond donors (Lipinski definition) is 1. The van der Waals surface area contributed by atoms with E-state index < -0.39 is 0 Å². The summed E-state index contributed by atoms with van der Waals surface area (Å²) in [6, 6.07) is 9.19. The lowest BCUT2D eigenvalue weighted by atomic mass is 10.0. The first-order valence-electron chi connectivity index (χ1n) is 9.11. The highest BCUT2D eigenvalue weighted by Gasteiger charge is 2.22. The number of nitrogens with one attached hydrogen (secondary N) is 1. The number of hydrogen-bond acceptors (Lipinski definition) is 4. The van der Waals surface area contributed by atoms with Crippen molar-refractivity contribution in [1.82, 2.24) is 9.80 Å². The molecule has 2 saturated heterocycles. The van der Waals surface area contributed by atoms with E-state index in [0.29, 0.717) is 12.1 Å². The maximum atomic E-state index is 12.6. The molecule has 0 aliphatic carbocycles. The second-order valence-electron chi connectivity index (χ2n) is 7.03. The molecule has 2 aliphatic heterocycles. The highest BCUT2D eigenvalue weighted by Crippen LogP contribution is 2.20. The number of thioether (sulfide) groups is 1. The fourth-order valence-electron chi connectivity index (χ4n) is 3.49. The van der Waals surface area contributed by atoms with Crippen LogP contribution in [0.2, 0.25) is 0 Å². The van der Waals surface area contributed by atoms with Gasteiger partial charge in [0.2, 0.25) is 0 Å². The molecule has 0 saturated carbocycles. The fourth-order valence-corrected chi connectivity index (χ4v) is 4.39. The van der Waals surface area contributed by atoms with Gasteiger partial charge in [0.25, 0.3) is 5.91 Å². The maximum absolute atomic E-state index is 12.6. The number of rotatable bonds is 4. The zero-order chi connectivity index (χ0) is 16.9. The van der Waals surface area contributed by atoms with E-state index in [1.54, 1.807) is 0 Å². The van der Waals surface area contributed by atoms with Crippen LogP contribution in [0.3, 0.4) is 0 Å². The zero-order valence-corrected chi connectivity index (χ0v) is 15.6. The van der Waals surface area contributed by atoms with Gasteiger partial charge in [0.1, 0.15) is 0 Å². The van der Waals surface area contributed by atoms with Gasteiger partial charge in [0, 0.05) is 61.0 Å². The maximum Gasteiger partial charge on any atom is 0.253 e. The van der Waals surface area contributed by atoms with Crippen LogP contribution in [0.15, 0.2) is 24.3 Å². The van der Waals surface area contributed by atoms with Crippen LogP contribution in [-0.2, 0) is 0 Å². The predicted molar refractivity (Wildman–Crippen MR) is 103 cm³/mol. The topological polar surface area (TPSA) is 35.6 Å². The molecule has 0 aromatic heterocycles. The molecule has 1 amide bonds. The SMILES string of the molecule is CC(C)N1CCC(Nc2cccc(C(=O)N3CCSCC3)c2)CC1. The Labute approximate surface area is 150 Å². The number of anilines is 1. The second kappa shape index (κ2) is 8.26. The Morgan fingerprint density at radius 2 is 1.88 bits per heavy atom. The Kier molecular flexibility index (Phi) is 6.06. The summed E-state index contributed by atoms with van der Waals surface area (Å²) in [6.45, 7) is 8.58. The molecule has 24 heavy (non-hydrogen) atoms. The van der Waals surface area contributed by atoms with E-state index in [1.807, 2.05) is 34.9 Å². The van der Waals surface area contributed by atoms with Gasteiger partial charge in [-0.1, -0.05) is 6.07 Å². The van der Waals surface area contributed by atoms with Crippen LogP contribution in [0, 0.1) is 0 Å². The molecule has 0 unspecified atom stereocenters. The van der Waals surface area contributed by atoms with Gasteiger partial charge in [-0.2, -0.15) is 11.8 Å². The summed E-state index contributed by atoms with van der Waals surface area (Å²) in [5, 5.41) is 3.64. The Balaban J connectivity index is 1.58. The average molecular weight is 348 g/mol. The van der Waals surface area contributed by atoms with E-state index in [-0.39, 0.29) is 5.91 Å². The number of benzene rings is 1. The highest BCUT2D eigenvalue weighted by atomic mass is 32.2. The van der Waals surface area contributed by atoms with Gasteiger partial charge in [-0.25, -0.2) is 0 Å².